The van der Waals surface area contributed by atoms with Gasteiger partial charge in [0.25, 0.3) is 0 Å². The van der Waals surface area contributed by atoms with Crippen LogP contribution in [0.5, 0.6) is 0 Å². The number of halogens is 3. The molecule has 6 nitrogen and oxygen atoms in total. The second kappa shape index (κ2) is 7.67. The molecule has 1 aromatic heterocycles. The van der Waals surface area contributed by atoms with Crippen LogP contribution in [-0.4, -0.2) is 9.97 Å². The van der Waals surface area contributed by atoms with Crippen LogP contribution in [0.3, 0.4) is 0 Å². The molecule has 0 fully saturated rings. The minimum absolute atomic E-state index is 0.250. The van der Waals surface area contributed by atoms with Crippen molar-refractivity contribution in [3.8, 4) is 6.07 Å². The summed E-state index contributed by atoms with van der Waals surface area (Å²) >= 11 is 18.3. The largest absolute Gasteiger partial charge is 0.383 e. The van der Waals surface area contributed by atoms with Gasteiger partial charge in [-0.3, -0.25) is 0 Å². The van der Waals surface area contributed by atoms with E-state index in [1.807, 2.05) is 0 Å². The lowest BCUT2D eigenvalue weighted by Crippen LogP contribution is -2.04. The van der Waals surface area contributed by atoms with Gasteiger partial charge in [0.15, 0.2) is 0 Å². The standard InChI is InChI=1S/C17H11Cl3N6/c18-10-5-12(19)16(13(20)6-10)25-15-7-14(22)24-17(26-15)23-11-3-1-9(8-21)2-4-11/h1-7H,(H4,22,23,24,25,26). The zero-order chi connectivity index (χ0) is 18.7. The van der Waals surface area contributed by atoms with Crippen molar-refractivity contribution in [2.75, 3.05) is 16.4 Å². The van der Waals surface area contributed by atoms with Crippen LogP contribution in [0.15, 0.2) is 42.5 Å². The second-order valence-electron chi connectivity index (χ2n) is 5.19. The van der Waals surface area contributed by atoms with Gasteiger partial charge in [-0.25, -0.2) is 0 Å². The minimum Gasteiger partial charge on any atom is -0.383 e. The van der Waals surface area contributed by atoms with E-state index in [9.17, 15) is 0 Å². The zero-order valence-corrected chi connectivity index (χ0v) is 15.4. The Morgan fingerprint density at radius 2 is 1.58 bits per heavy atom. The molecule has 0 atom stereocenters. The van der Waals surface area contributed by atoms with Gasteiger partial charge in [0.1, 0.15) is 11.6 Å². The Kier molecular flexibility index (Phi) is 5.33. The maximum atomic E-state index is 8.84. The van der Waals surface area contributed by atoms with Crippen LogP contribution in [0.25, 0.3) is 0 Å². The molecule has 26 heavy (non-hydrogen) atoms. The van der Waals surface area contributed by atoms with Crippen molar-refractivity contribution in [3.05, 3.63) is 63.1 Å². The fourth-order valence-electron chi connectivity index (χ4n) is 2.13. The first kappa shape index (κ1) is 18.1. The molecule has 0 aliphatic heterocycles. The second-order valence-corrected chi connectivity index (χ2v) is 6.44. The highest BCUT2D eigenvalue weighted by Gasteiger charge is 2.10. The third-order valence-electron chi connectivity index (χ3n) is 3.28. The number of nitrogens with zero attached hydrogens (tertiary/aromatic N) is 3. The monoisotopic (exact) mass is 404 g/mol. The highest BCUT2D eigenvalue weighted by molar-refractivity contribution is 6.41. The summed E-state index contributed by atoms with van der Waals surface area (Å²) in [6.45, 7) is 0. The Labute approximate surface area is 164 Å². The van der Waals surface area contributed by atoms with Crippen molar-refractivity contribution in [2.24, 2.45) is 0 Å². The molecule has 1 heterocycles. The molecule has 0 unspecified atom stereocenters. The van der Waals surface area contributed by atoms with Gasteiger partial charge in [-0.2, -0.15) is 15.2 Å². The van der Waals surface area contributed by atoms with Gasteiger partial charge in [-0.05, 0) is 36.4 Å². The van der Waals surface area contributed by atoms with Crippen molar-refractivity contribution in [1.82, 2.24) is 9.97 Å². The molecule has 130 valence electrons. The zero-order valence-electron chi connectivity index (χ0n) is 13.1. The number of nitrogen functional groups attached to an aromatic ring is 1. The smallest absolute Gasteiger partial charge is 0.231 e. The van der Waals surface area contributed by atoms with Gasteiger partial charge in [-0.15, -0.1) is 0 Å². The van der Waals surface area contributed by atoms with E-state index in [0.29, 0.717) is 37.8 Å². The van der Waals surface area contributed by atoms with E-state index < -0.39 is 0 Å². The molecular weight excluding hydrogens is 395 g/mol. The lowest BCUT2D eigenvalue weighted by Gasteiger charge is -2.12. The van der Waals surface area contributed by atoms with E-state index in [-0.39, 0.29) is 11.8 Å². The summed E-state index contributed by atoms with van der Waals surface area (Å²) in [6.07, 6.45) is 0. The molecule has 0 spiro atoms. The van der Waals surface area contributed by atoms with Crippen LogP contribution >= 0.6 is 34.8 Å². The summed E-state index contributed by atoms with van der Waals surface area (Å²) in [4.78, 5) is 8.48. The summed E-state index contributed by atoms with van der Waals surface area (Å²) in [5.41, 5.74) is 7.58. The number of benzene rings is 2. The Morgan fingerprint density at radius 3 is 2.19 bits per heavy atom. The number of hydrogen-bond acceptors (Lipinski definition) is 6. The Bertz CT molecular complexity index is 975. The van der Waals surface area contributed by atoms with Crippen molar-refractivity contribution in [1.29, 1.82) is 5.26 Å². The van der Waals surface area contributed by atoms with Gasteiger partial charge in [-0.1, -0.05) is 34.8 Å². The Hall–Kier alpha value is -2.72. The molecule has 4 N–H and O–H groups in total. The summed E-state index contributed by atoms with van der Waals surface area (Å²) in [5, 5.41) is 16.0. The quantitative estimate of drug-likeness (QED) is 0.539. The van der Waals surface area contributed by atoms with Crippen molar-refractivity contribution < 1.29 is 0 Å². The van der Waals surface area contributed by atoms with Gasteiger partial charge in [0, 0.05) is 16.8 Å². The molecule has 3 rings (SSSR count). The van der Waals surface area contributed by atoms with Crippen LogP contribution in [0.2, 0.25) is 15.1 Å². The molecule has 0 aliphatic carbocycles. The average Bonchev–Trinajstić information content (AvgIpc) is 2.58. The molecule has 9 heteroatoms. The first-order valence-electron chi connectivity index (χ1n) is 7.28. The number of anilines is 5. The molecule has 3 aromatic rings. The molecule has 2 aromatic carbocycles. The summed E-state index contributed by atoms with van der Waals surface area (Å²) in [6, 6.07) is 13.6. The number of rotatable bonds is 4. The fourth-order valence-corrected chi connectivity index (χ4v) is 3.04. The molecule has 0 bridgehead atoms. The van der Waals surface area contributed by atoms with Crippen molar-refractivity contribution >= 4 is 63.8 Å². The highest BCUT2D eigenvalue weighted by Crippen LogP contribution is 2.35. The van der Waals surface area contributed by atoms with E-state index >= 15 is 0 Å². The minimum atomic E-state index is 0.250. The van der Waals surface area contributed by atoms with E-state index in [2.05, 4.69) is 26.7 Å². The number of nitrogens with two attached hydrogens (primary N) is 1. The van der Waals surface area contributed by atoms with Crippen LogP contribution in [0, 0.1) is 11.3 Å². The number of nitrogens with one attached hydrogen (secondary N) is 2. The predicted molar refractivity (Wildman–Crippen MR) is 106 cm³/mol. The molecule has 0 saturated carbocycles. The lowest BCUT2D eigenvalue weighted by atomic mass is 10.2. The van der Waals surface area contributed by atoms with E-state index in [1.165, 1.54) is 0 Å². The van der Waals surface area contributed by atoms with E-state index in [1.54, 1.807) is 42.5 Å². The first-order chi connectivity index (χ1) is 12.4. The predicted octanol–water partition coefficient (Wildman–Crippen LogP) is 5.38. The van der Waals surface area contributed by atoms with Crippen molar-refractivity contribution in [2.45, 2.75) is 0 Å². The van der Waals surface area contributed by atoms with Crippen LogP contribution in [0.4, 0.5) is 29.0 Å². The lowest BCUT2D eigenvalue weighted by molar-refractivity contribution is 1.17. The summed E-state index contributed by atoms with van der Waals surface area (Å²) < 4.78 is 0. The molecule has 0 amide bonds. The fraction of sp³-hybridized carbons (Fsp3) is 0. The van der Waals surface area contributed by atoms with Crippen molar-refractivity contribution in [3.63, 3.8) is 0 Å². The van der Waals surface area contributed by atoms with Crippen LogP contribution in [-0.2, 0) is 0 Å². The van der Waals surface area contributed by atoms with Gasteiger partial charge in [0.2, 0.25) is 5.95 Å². The molecule has 0 aliphatic rings. The summed E-state index contributed by atoms with van der Waals surface area (Å²) in [7, 11) is 0. The maximum absolute atomic E-state index is 8.84. The van der Waals surface area contributed by atoms with Gasteiger partial charge >= 0.3 is 0 Å². The van der Waals surface area contributed by atoms with Gasteiger partial charge in [0.05, 0.1) is 27.4 Å². The Balaban J connectivity index is 1.87. The number of aromatic nitrogens is 2. The van der Waals surface area contributed by atoms with Gasteiger partial charge < -0.3 is 16.4 Å². The SMILES string of the molecule is N#Cc1ccc(Nc2nc(N)cc(Nc3c(Cl)cc(Cl)cc3Cl)n2)cc1. The summed E-state index contributed by atoms with van der Waals surface area (Å²) in [5.74, 6) is 0.929. The topological polar surface area (TPSA) is 99.7 Å². The molecular formula is C17H11Cl3N6. The average molecular weight is 406 g/mol. The molecule has 0 saturated heterocycles. The third-order valence-corrected chi connectivity index (χ3v) is 4.09. The van der Waals surface area contributed by atoms with E-state index in [4.69, 9.17) is 45.8 Å². The third kappa shape index (κ3) is 4.27. The number of hydrogen-bond donors (Lipinski definition) is 3. The van der Waals surface area contributed by atoms with Crippen LogP contribution in [0.1, 0.15) is 5.56 Å². The molecule has 0 radical (unpaired) electrons. The van der Waals surface area contributed by atoms with E-state index in [0.717, 1.165) is 0 Å². The maximum Gasteiger partial charge on any atom is 0.231 e. The Morgan fingerprint density at radius 1 is 0.923 bits per heavy atom. The van der Waals surface area contributed by atoms with Crippen LogP contribution < -0.4 is 16.4 Å². The normalized spacial score (nSPS) is 10.2. The first-order valence-corrected chi connectivity index (χ1v) is 8.41. The number of nitriles is 1. The highest BCUT2D eigenvalue weighted by atomic mass is 35.5.